The molecule has 2 aliphatic heterocycles. The van der Waals surface area contributed by atoms with Gasteiger partial charge in [-0.25, -0.2) is 4.39 Å². The number of nitrogens with one attached hydrogen (secondary N) is 2. The predicted molar refractivity (Wildman–Crippen MR) is 147 cm³/mol. The molecule has 0 radical (unpaired) electrons. The third-order valence-corrected chi connectivity index (χ3v) is 8.69. The maximum atomic E-state index is 14.5. The zero-order valence-electron chi connectivity index (χ0n) is 22.5. The summed E-state index contributed by atoms with van der Waals surface area (Å²) in [4.78, 5) is 17.0. The Bertz CT molecular complexity index is 1460. The second-order valence-corrected chi connectivity index (χ2v) is 10.9. The van der Waals surface area contributed by atoms with Gasteiger partial charge in [0.2, 0.25) is 0 Å². The number of nitrogens with zero attached hydrogens (tertiary/aromatic N) is 6. The van der Waals surface area contributed by atoms with Gasteiger partial charge in [-0.3, -0.25) is 4.79 Å². The molecule has 1 aliphatic carbocycles. The number of carbonyl (C=O) groups excluding carboxylic acids is 1. The Morgan fingerprint density at radius 2 is 1.93 bits per heavy atom. The molecule has 2 N–H and O–H groups in total. The van der Waals surface area contributed by atoms with E-state index in [1.165, 1.54) is 6.07 Å². The minimum atomic E-state index is -0.808. The fourth-order valence-corrected chi connectivity index (χ4v) is 6.51. The first-order valence-corrected chi connectivity index (χ1v) is 14.0. The maximum Gasteiger partial charge on any atom is 0.253 e. The molecule has 9 nitrogen and oxygen atoms in total. The van der Waals surface area contributed by atoms with Gasteiger partial charge in [0.15, 0.2) is 5.82 Å². The van der Waals surface area contributed by atoms with Gasteiger partial charge in [-0.1, -0.05) is 23.9 Å². The van der Waals surface area contributed by atoms with Crippen molar-refractivity contribution in [1.29, 1.82) is 5.26 Å². The molecule has 206 valence electrons. The number of fused-ring (bicyclic) bond motifs is 2. The summed E-state index contributed by atoms with van der Waals surface area (Å²) in [5.74, 6) is 0.271. The Balaban J connectivity index is 1.36. The number of rotatable bonds is 8. The van der Waals surface area contributed by atoms with E-state index in [1.54, 1.807) is 6.07 Å². The summed E-state index contributed by atoms with van der Waals surface area (Å²) in [5, 5.41) is 28.5. The number of aryl methyl sites for hydroxylation is 2. The number of aromatic nitrogens is 4. The first-order chi connectivity index (χ1) is 19.5. The minimum Gasteiger partial charge on any atom is -0.358 e. The molecule has 2 saturated heterocycles. The molecule has 2 aromatic carbocycles. The van der Waals surface area contributed by atoms with E-state index >= 15 is 0 Å². The van der Waals surface area contributed by atoms with Crippen molar-refractivity contribution in [3.05, 3.63) is 88.1 Å². The topological polar surface area (TPSA) is 114 Å². The molecule has 1 aromatic heterocycles. The first-order valence-electron chi connectivity index (χ1n) is 14.0. The Hall–Kier alpha value is -4.10. The van der Waals surface area contributed by atoms with Crippen LogP contribution in [0.25, 0.3) is 0 Å². The summed E-state index contributed by atoms with van der Waals surface area (Å²) in [5.41, 5.74) is 4.64. The van der Waals surface area contributed by atoms with Crippen molar-refractivity contribution >= 4 is 5.91 Å². The molecule has 3 aromatic rings. The molecule has 6 rings (SSSR count). The predicted octanol–water partition coefficient (Wildman–Crippen LogP) is 3.10. The van der Waals surface area contributed by atoms with Gasteiger partial charge >= 0.3 is 0 Å². The summed E-state index contributed by atoms with van der Waals surface area (Å²) in [6, 6.07) is 13.1. The van der Waals surface area contributed by atoms with E-state index in [2.05, 4.69) is 43.5 Å². The van der Waals surface area contributed by atoms with Crippen LogP contribution in [0.4, 0.5) is 4.39 Å². The number of hydrogen-bond donors (Lipinski definition) is 2. The average Bonchev–Trinajstić information content (AvgIpc) is 3.62. The maximum absolute atomic E-state index is 14.5. The molecule has 2 atom stereocenters. The number of H-pyrrole nitrogens is 1. The van der Waals surface area contributed by atoms with E-state index in [4.69, 9.17) is 0 Å². The van der Waals surface area contributed by atoms with Crippen LogP contribution in [-0.2, 0) is 18.3 Å². The van der Waals surface area contributed by atoms with Crippen LogP contribution in [0, 0.1) is 17.1 Å². The lowest BCUT2D eigenvalue weighted by molar-refractivity contribution is 0.0651. The minimum absolute atomic E-state index is 0.0461. The van der Waals surface area contributed by atoms with E-state index in [9.17, 15) is 14.4 Å². The monoisotopic (exact) mass is 540 g/mol. The standard InChI is InChI=1S/C30H33FN8O/c1-20(39-15-2-4-25(39)18-32)19-33-12-11-30(29-34-36-37-35-29)26-9-7-23(28(40)38-13-3-14-38)16-21(26)5-6-22-17-24(31)8-10-27(22)30/h7-10,16-17,25,33H,1-6,11-15,19H2,(H,34,35,36,37). The van der Waals surface area contributed by atoms with Gasteiger partial charge in [-0.2, -0.15) is 10.5 Å². The molecule has 0 saturated carbocycles. The fraction of sp³-hybridized carbons (Fsp3) is 0.433. The molecule has 1 amide bonds. The number of tetrazole rings is 1. The number of benzene rings is 2. The van der Waals surface area contributed by atoms with Crippen molar-refractivity contribution in [2.24, 2.45) is 0 Å². The summed E-state index contributed by atoms with van der Waals surface area (Å²) in [6.07, 6.45) is 4.77. The second-order valence-electron chi connectivity index (χ2n) is 10.9. The van der Waals surface area contributed by atoms with Gasteiger partial charge in [-0.05, 0) is 91.6 Å². The fourth-order valence-electron chi connectivity index (χ4n) is 6.51. The lowest BCUT2D eigenvalue weighted by atomic mass is 9.69. The third kappa shape index (κ3) is 4.54. The molecule has 3 aliphatic rings. The van der Waals surface area contributed by atoms with Gasteiger partial charge in [-0.15, -0.1) is 10.2 Å². The van der Waals surface area contributed by atoms with Crippen LogP contribution in [0.2, 0.25) is 0 Å². The van der Waals surface area contributed by atoms with Crippen LogP contribution < -0.4 is 5.32 Å². The molecule has 0 bridgehead atoms. The Morgan fingerprint density at radius 1 is 1.15 bits per heavy atom. The van der Waals surface area contributed by atoms with Gasteiger partial charge in [0, 0.05) is 37.4 Å². The Kier molecular flexibility index (Phi) is 7.07. The number of nitriles is 1. The number of halogens is 1. The number of carbonyl (C=O) groups is 1. The van der Waals surface area contributed by atoms with Gasteiger partial charge in [0.05, 0.1) is 11.5 Å². The Morgan fingerprint density at radius 3 is 2.62 bits per heavy atom. The van der Waals surface area contributed by atoms with E-state index in [0.717, 1.165) is 66.8 Å². The summed E-state index contributed by atoms with van der Waals surface area (Å²) in [7, 11) is 0. The SMILES string of the molecule is C=C(CNCCC1(c2nn[nH]n2)c2ccc(F)cc2CCc2cc(C(=O)N3CCC3)ccc21)N1CCCC1C#N. The molecule has 0 spiro atoms. The highest BCUT2D eigenvalue weighted by Crippen LogP contribution is 2.46. The van der Waals surface area contributed by atoms with Gasteiger partial charge in [0.1, 0.15) is 11.9 Å². The highest BCUT2D eigenvalue weighted by atomic mass is 19.1. The van der Waals surface area contributed by atoms with Crippen LogP contribution in [0.1, 0.15) is 64.1 Å². The average molecular weight is 541 g/mol. The second kappa shape index (κ2) is 10.8. The van der Waals surface area contributed by atoms with Crippen LogP contribution in [0.5, 0.6) is 0 Å². The number of amides is 1. The van der Waals surface area contributed by atoms with E-state index < -0.39 is 5.41 Å². The normalized spacial score (nSPS) is 21.6. The zero-order chi connectivity index (χ0) is 27.7. The Labute approximate surface area is 233 Å². The lowest BCUT2D eigenvalue weighted by Crippen LogP contribution is -2.42. The van der Waals surface area contributed by atoms with Crippen molar-refractivity contribution in [3.8, 4) is 6.07 Å². The van der Waals surface area contributed by atoms with Crippen LogP contribution >= 0.6 is 0 Å². The summed E-state index contributed by atoms with van der Waals surface area (Å²) < 4.78 is 14.5. The summed E-state index contributed by atoms with van der Waals surface area (Å²) in [6.45, 7) is 7.79. The van der Waals surface area contributed by atoms with Crippen molar-refractivity contribution in [2.75, 3.05) is 32.7 Å². The number of aromatic amines is 1. The molecular formula is C30H33FN8O. The first kappa shape index (κ1) is 26.1. The highest BCUT2D eigenvalue weighted by Gasteiger charge is 2.44. The van der Waals surface area contributed by atoms with Crippen molar-refractivity contribution in [1.82, 2.24) is 35.7 Å². The van der Waals surface area contributed by atoms with Crippen LogP contribution in [0.15, 0.2) is 48.7 Å². The third-order valence-electron chi connectivity index (χ3n) is 8.69. The van der Waals surface area contributed by atoms with Crippen LogP contribution in [0.3, 0.4) is 0 Å². The van der Waals surface area contributed by atoms with Crippen molar-refractivity contribution in [2.45, 2.75) is 50.0 Å². The number of likely N-dealkylation sites (tertiary alicyclic amines) is 2. The molecular weight excluding hydrogens is 507 g/mol. The summed E-state index contributed by atoms with van der Waals surface area (Å²) >= 11 is 0. The molecule has 40 heavy (non-hydrogen) atoms. The largest absolute Gasteiger partial charge is 0.358 e. The van der Waals surface area contributed by atoms with Crippen molar-refractivity contribution in [3.63, 3.8) is 0 Å². The van der Waals surface area contributed by atoms with E-state index in [1.807, 2.05) is 29.2 Å². The number of hydrogen-bond acceptors (Lipinski definition) is 7. The van der Waals surface area contributed by atoms with Crippen LogP contribution in [-0.4, -0.2) is 75.1 Å². The lowest BCUT2D eigenvalue weighted by Gasteiger charge is -2.35. The smallest absolute Gasteiger partial charge is 0.253 e. The molecule has 2 fully saturated rings. The van der Waals surface area contributed by atoms with Crippen molar-refractivity contribution < 1.29 is 9.18 Å². The molecule has 3 heterocycles. The van der Waals surface area contributed by atoms with Gasteiger partial charge in [0.25, 0.3) is 5.91 Å². The van der Waals surface area contributed by atoms with Gasteiger partial charge < -0.3 is 15.1 Å². The van der Waals surface area contributed by atoms with E-state index in [0.29, 0.717) is 43.7 Å². The quantitative estimate of drug-likeness (QED) is 0.422. The van der Waals surface area contributed by atoms with E-state index in [-0.39, 0.29) is 17.8 Å². The highest BCUT2D eigenvalue weighted by molar-refractivity contribution is 5.95. The zero-order valence-corrected chi connectivity index (χ0v) is 22.5. The molecule has 10 heteroatoms. The molecule has 2 unspecified atom stereocenters.